The predicted molar refractivity (Wildman–Crippen MR) is 88.9 cm³/mol. The maximum absolute atomic E-state index is 12.1. The quantitative estimate of drug-likeness (QED) is 0.890. The van der Waals surface area contributed by atoms with E-state index in [0.29, 0.717) is 11.6 Å². The van der Waals surface area contributed by atoms with Crippen LogP contribution in [0.2, 0.25) is 5.02 Å². The van der Waals surface area contributed by atoms with Crippen molar-refractivity contribution in [2.45, 2.75) is 31.8 Å². The lowest BCUT2D eigenvalue weighted by Gasteiger charge is -2.30. The summed E-state index contributed by atoms with van der Waals surface area (Å²) in [6.45, 7) is 4.10. The van der Waals surface area contributed by atoms with E-state index in [1.807, 2.05) is 31.2 Å². The summed E-state index contributed by atoms with van der Waals surface area (Å²) in [5, 5.41) is 3.67. The summed E-state index contributed by atoms with van der Waals surface area (Å²) in [6.07, 6.45) is 2.11. The number of nitrogens with two attached hydrogens (primary N) is 1. The summed E-state index contributed by atoms with van der Waals surface area (Å²) in [7, 11) is 0. The second kappa shape index (κ2) is 8.59. The molecule has 1 aliphatic heterocycles. The molecule has 0 bridgehead atoms. The molecule has 0 saturated carbocycles. The van der Waals surface area contributed by atoms with Crippen molar-refractivity contribution in [3.63, 3.8) is 0 Å². The predicted octanol–water partition coefficient (Wildman–Crippen LogP) is 2.36. The van der Waals surface area contributed by atoms with Crippen LogP contribution in [0.4, 0.5) is 0 Å². The van der Waals surface area contributed by atoms with Crippen LogP contribution in [0.1, 0.15) is 31.4 Å². The maximum atomic E-state index is 12.1. The van der Waals surface area contributed by atoms with Gasteiger partial charge in [-0.15, -0.1) is 12.4 Å². The maximum Gasteiger partial charge on any atom is 0.234 e. The molecule has 0 aliphatic carbocycles. The lowest BCUT2D eigenvalue weighted by molar-refractivity contribution is -0.123. The molecule has 1 saturated heterocycles. The fraction of sp³-hybridized carbons (Fsp3) is 0.533. The minimum atomic E-state index is -0.0883. The molecule has 2 rings (SSSR count). The number of hydrogen-bond acceptors (Lipinski definition) is 3. The Labute approximate surface area is 137 Å². The number of nitrogens with one attached hydrogen (secondary N) is 1. The molecule has 3 N–H and O–H groups in total. The topological polar surface area (TPSA) is 58.4 Å². The zero-order chi connectivity index (χ0) is 14.5. The summed E-state index contributed by atoms with van der Waals surface area (Å²) in [4.78, 5) is 14.2. The second-order valence-corrected chi connectivity index (χ2v) is 5.86. The average molecular weight is 332 g/mol. The van der Waals surface area contributed by atoms with Crippen LogP contribution in [0.3, 0.4) is 0 Å². The molecule has 1 amide bonds. The molecule has 2 atom stereocenters. The third kappa shape index (κ3) is 5.47. The Morgan fingerprint density at radius 3 is 2.90 bits per heavy atom. The molecule has 1 fully saturated rings. The lowest BCUT2D eigenvalue weighted by atomic mass is 10.1. The van der Waals surface area contributed by atoms with Gasteiger partial charge in [-0.1, -0.05) is 29.8 Å². The zero-order valence-corrected chi connectivity index (χ0v) is 13.8. The van der Waals surface area contributed by atoms with Crippen LogP contribution in [0.15, 0.2) is 24.3 Å². The Kier molecular flexibility index (Phi) is 7.46. The summed E-state index contributed by atoms with van der Waals surface area (Å²) >= 11 is 6.14. The van der Waals surface area contributed by atoms with Gasteiger partial charge in [-0.25, -0.2) is 0 Å². The van der Waals surface area contributed by atoms with Gasteiger partial charge in [0.25, 0.3) is 0 Å². The first kappa shape index (κ1) is 18.2. The Balaban J connectivity index is 0.00000220. The highest BCUT2D eigenvalue weighted by atomic mass is 35.5. The number of carbonyl (C=O) groups is 1. The zero-order valence-electron chi connectivity index (χ0n) is 12.2. The number of carbonyl (C=O) groups excluding carboxylic acids is 1. The molecule has 21 heavy (non-hydrogen) atoms. The van der Waals surface area contributed by atoms with Crippen LogP contribution in [-0.2, 0) is 4.79 Å². The molecule has 1 aromatic rings. The van der Waals surface area contributed by atoms with Crippen molar-refractivity contribution in [2.75, 3.05) is 19.6 Å². The van der Waals surface area contributed by atoms with Gasteiger partial charge < -0.3 is 11.1 Å². The van der Waals surface area contributed by atoms with Gasteiger partial charge in [0.2, 0.25) is 5.91 Å². The van der Waals surface area contributed by atoms with Gasteiger partial charge in [-0.05, 0) is 37.9 Å². The van der Waals surface area contributed by atoms with E-state index in [1.54, 1.807) is 0 Å². The minimum absolute atomic E-state index is 0. The van der Waals surface area contributed by atoms with Crippen molar-refractivity contribution in [1.29, 1.82) is 0 Å². The molecule has 1 aliphatic rings. The van der Waals surface area contributed by atoms with Crippen LogP contribution in [0, 0.1) is 0 Å². The standard InChI is InChI=1S/C15H22ClN3O.ClH/c1-11(13-6-2-3-7-14(13)16)18-15(20)10-19-8-4-5-12(17)9-19;/h2-3,6-7,11-12H,4-5,8-10,17H2,1H3,(H,18,20);1H/t11?,12-;/m1./s1. The molecule has 6 heteroatoms. The molecule has 118 valence electrons. The molecule has 1 heterocycles. The van der Waals surface area contributed by atoms with Gasteiger partial charge in [0.1, 0.15) is 0 Å². The Morgan fingerprint density at radius 2 is 2.24 bits per heavy atom. The fourth-order valence-corrected chi connectivity index (χ4v) is 2.93. The monoisotopic (exact) mass is 331 g/mol. The summed E-state index contributed by atoms with van der Waals surface area (Å²) in [6, 6.07) is 7.68. The second-order valence-electron chi connectivity index (χ2n) is 5.45. The SMILES string of the molecule is CC(NC(=O)CN1CCC[C@@H](N)C1)c1ccccc1Cl.Cl. The molecule has 4 nitrogen and oxygen atoms in total. The van der Waals surface area contributed by atoms with Crippen LogP contribution >= 0.6 is 24.0 Å². The normalized spacial score (nSPS) is 20.4. The first-order chi connectivity index (χ1) is 9.56. The first-order valence-corrected chi connectivity index (χ1v) is 7.46. The molecule has 1 unspecified atom stereocenters. The molecule has 0 aromatic heterocycles. The third-order valence-electron chi connectivity index (χ3n) is 3.66. The number of halogens is 2. The van der Waals surface area contributed by atoms with E-state index in [2.05, 4.69) is 10.2 Å². The van der Waals surface area contributed by atoms with E-state index >= 15 is 0 Å². The third-order valence-corrected chi connectivity index (χ3v) is 4.00. The van der Waals surface area contributed by atoms with E-state index in [-0.39, 0.29) is 30.4 Å². The number of rotatable bonds is 4. The Bertz CT molecular complexity index is 470. The van der Waals surface area contributed by atoms with E-state index < -0.39 is 0 Å². The number of likely N-dealkylation sites (tertiary alicyclic amines) is 1. The van der Waals surface area contributed by atoms with Crippen LogP contribution in [-0.4, -0.2) is 36.5 Å². The summed E-state index contributed by atoms with van der Waals surface area (Å²) < 4.78 is 0. The van der Waals surface area contributed by atoms with Crippen molar-refractivity contribution in [3.05, 3.63) is 34.9 Å². The van der Waals surface area contributed by atoms with Crippen molar-refractivity contribution in [3.8, 4) is 0 Å². The first-order valence-electron chi connectivity index (χ1n) is 7.08. The molecule has 0 spiro atoms. The number of benzene rings is 1. The van der Waals surface area contributed by atoms with Crippen molar-refractivity contribution < 1.29 is 4.79 Å². The van der Waals surface area contributed by atoms with Gasteiger partial charge in [-0.3, -0.25) is 9.69 Å². The van der Waals surface area contributed by atoms with Crippen LogP contribution < -0.4 is 11.1 Å². The van der Waals surface area contributed by atoms with E-state index in [1.165, 1.54) is 0 Å². The highest BCUT2D eigenvalue weighted by molar-refractivity contribution is 6.31. The van der Waals surface area contributed by atoms with E-state index in [0.717, 1.165) is 31.5 Å². The van der Waals surface area contributed by atoms with Gasteiger partial charge in [-0.2, -0.15) is 0 Å². The number of amides is 1. The molecular weight excluding hydrogens is 309 g/mol. The van der Waals surface area contributed by atoms with Crippen molar-refractivity contribution in [1.82, 2.24) is 10.2 Å². The summed E-state index contributed by atoms with van der Waals surface area (Å²) in [5.74, 6) is 0.0199. The number of hydrogen-bond donors (Lipinski definition) is 2. The van der Waals surface area contributed by atoms with E-state index in [4.69, 9.17) is 17.3 Å². The Morgan fingerprint density at radius 1 is 1.52 bits per heavy atom. The highest BCUT2D eigenvalue weighted by Crippen LogP contribution is 2.22. The molecular formula is C15H23Cl2N3O. The highest BCUT2D eigenvalue weighted by Gasteiger charge is 2.20. The van der Waals surface area contributed by atoms with Crippen LogP contribution in [0.5, 0.6) is 0 Å². The van der Waals surface area contributed by atoms with Gasteiger partial charge in [0.15, 0.2) is 0 Å². The number of piperidine rings is 1. The summed E-state index contributed by atoms with van der Waals surface area (Å²) in [5.41, 5.74) is 6.86. The smallest absolute Gasteiger partial charge is 0.234 e. The van der Waals surface area contributed by atoms with Gasteiger partial charge in [0.05, 0.1) is 12.6 Å². The Hall–Kier alpha value is -0.810. The van der Waals surface area contributed by atoms with Gasteiger partial charge >= 0.3 is 0 Å². The minimum Gasteiger partial charge on any atom is -0.348 e. The molecule has 1 aromatic carbocycles. The average Bonchev–Trinajstić information content (AvgIpc) is 2.38. The molecule has 0 radical (unpaired) electrons. The number of nitrogens with zero attached hydrogens (tertiary/aromatic N) is 1. The van der Waals surface area contributed by atoms with Crippen molar-refractivity contribution >= 4 is 29.9 Å². The van der Waals surface area contributed by atoms with Crippen molar-refractivity contribution in [2.24, 2.45) is 5.73 Å². The largest absolute Gasteiger partial charge is 0.348 e. The van der Waals surface area contributed by atoms with Crippen LogP contribution in [0.25, 0.3) is 0 Å². The van der Waals surface area contributed by atoms with E-state index in [9.17, 15) is 4.79 Å². The lowest BCUT2D eigenvalue weighted by Crippen LogP contribution is -2.47. The van der Waals surface area contributed by atoms with Gasteiger partial charge in [0, 0.05) is 17.6 Å². The fourth-order valence-electron chi connectivity index (χ4n) is 2.63.